The molecule has 1 aromatic rings. The third-order valence-electron chi connectivity index (χ3n) is 3.83. The lowest BCUT2D eigenvalue weighted by Crippen LogP contribution is -2.40. The second-order valence-electron chi connectivity index (χ2n) is 6.44. The van der Waals surface area contributed by atoms with Crippen LogP contribution in [-0.4, -0.2) is 12.1 Å². The molecule has 1 aliphatic carbocycles. The molecule has 3 nitrogen and oxygen atoms in total. The van der Waals surface area contributed by atoms with Crippen LogP contribution in [0.2, 0.25) is 0 Å². The molecule has 1 atom stereocenters. The number of rotatable bonds is 5. The number of hydrogen-bond donors (Lipinski definition) is 2. The lowest BCUT2D eigenvalue weighted by Gasteiger charge is -2.23. The van der Waals surface area contributed by atoms with Crippen molar-refractivity contribution in [3.8, 4) is 0 Å². The minimum Gasteiger partial charge on any atom is -0.335 e. The molecule has 0 unspecified atom stereocenters. The molecule has 1 saturated carbocycles. The monoisotopic (exact) mass is 274 g/mol. The topological polar surface area (TPSA) is 41.1 Å². The number of carbonyl (C=O) groups is 1. The Labute approximate surface area is 122 Å². The highest BCUT2D eigenvalue weighted by atomic mass is 16.2. The van der Waals surface area contributed by atoms with Gasteiger partial charge in [-0.05, 0) is 35.8 Å². The predicted octanol–water partition coefficient (Wildman–Crippen LogP) is 3.97. The lowest BCUT2D eigenvalue weighted by molar-refractivity contribution is 0.232. The van der Waals surface area contributed by atoms with Crippen molar-refractivity contribution in [1.82, 2.24) is 10.6 Å². The van der Waals surface area contributed by atoms with E-state index >= 15 is 0 Å². The minimum atomic E-state index is -0.0425. The molecule has 1 fully saturated rings. The van der Waals surface area contributed by atoms with Crippen LogP contribution < -0.4 is 10.6 Å². The van der Waals surface area contributed by atoms with E-state index in [1.807, 2.05) is 0 Å². The van der Waals surface area contributed by atoms with E-state index in [4.69, 9.17) is 0 Å². The summed E-state index contributed by atoms with van der Waals surface area (Å²) in [5.74, 6) is 0.900. The van der Waals surface area contributed by atoms with Gasteiger partial charge in [-0.25, -0.2) is 4.79 Å². The van der Waals surface area contributed by atoms with Crippen LogP contribution in [0.15, 0.2) is 24.3 Å². The summed E-state index contributed by atoms with van der Waals surface area (Å²) < 4.78 is 0. The molecule has 0 aromatic heterocycles. The molecule has 0 heterocycles. The first-order valence-electron chi connectivity index (χ1n) is 7.64. The van der Waals surface area contributed by atoms with Crippen molar-refractivity contribution >= 4 is 6.03 Å². The van der Waals surface area contributed by atoms with Crippen LogP contribution in [0.1, 0.15) is 63.6 Å². The highest BCUT2D eigenvalue weighted by Crippen LogP contribution is 2.24. The molecule has 0 spiro atoms. The lowest BCUT2D eigenvalue weighted by atomic mass is 9.93. The van der Waals surface area contributed by atoms with Crippen molar-refractivity contribution in [1.29, 1.82) is 0 Å². The van der Waals surface area contributed by atoms with E-state index in [0.717, 1.165) is 12.8 Å². The van der Waals surface area contributed by atoms with E-state index in [1.54, 1.807) is 0 Å². The van der Waals surface area contributed by atoms with Crippen molar-refractivity contribution in [2.75, 3.05) is 0 Å². The molecule has 110 valence electrons. The van der Waals surface area contributed by atoms with Gasteiger partial charge in [-0.1, -0.05) is 52.0 Å². The zero-order valence-electron chi connectivity index (χ0n) is 12.9. The molecular formula is C17H26N2O. The van der Waals surface area contributed by atoms with Crippen molar-refractivity contribution in [2.24, 2.45) is 5.92 Å². The number of amides is 2. The van der Waals surface area contributed by atoms with Crippen LogP contribution in [0.4, 0.5) is 4.79 Å². The fourth-order valence-electron chi connectivity index (χ4n) is 2.32. The third-order valence-corrected chi connectivity index (χ3v) is 3.83. The van der Waals surface area contributed by atoms with Gasteiger partial charge in [0.15, 0.2) is 0 Å². The number of carbonyl (C=O) groups excluding carboxylic acids is 1. The SMILES string of the molecule is CC(C)c1ccc([C@H](NC(=O)NC2CC2)C(C)C)cc1. The van der Waals surface area contributed by atoms with Gasteiger partial charge in [0, 0.05) is 6.04 Å². The summed E-state index contributed by atoms with van der Waals surface area (Å²) in [4.78, 5) is 11.9. The van der Waals surface area contributed by atoms with Gasteiger partial charge >= 0.3 is 6.03 Å². The second kappa shape index (κ2) is 6.29. The summed E-state index contributed by atoms with van der Waals surface area (Å²) in [7, 11) is 0. The molecule has 2 rings (SSSR count). The summed E-state index contributed by atoms with van der Waals surface area (Å²) in [5.41, 5.74) is 2.51. The molecule has 2 amide bonds. The fraction of sp³-hybridized carbons (Fsp3) is 0.588. The average molecular weight is 274 g/mol. The zero-order chi connectivity index (χ0) is 14.7. The number of hydrogen-bond acceptors (Lipinski definition) is 1. The first kappa shape index (κ1) is 14.9. The Hall–Kier alpha value is -1.51. The minimum absolute atomic E-state index is 0.0425. The summed E-state index contributed by atoms with van der Waals surface area (Å²) in [5, 5.41) is 6.09. The molecule has 0 radical (unpaired) electrons. The number of nitrogens with one attached hydrogen (secondary N) is 2. The highest BCUT2D eigenvalue weighted by molar-refractivity contribution is 5.75. The Kier molecular flexibility index (Phi) is 4.69. The van der Waals surface area contributed by atoms with E-state index in [1.165, 1.54) is 11.1 Å². The van der Waals surface area contributed by atoms with Gasteiger partial charge in [0.25, 0.3) is 0 Å². The van der Waals surface area contributed by atoms with Gasteiger partial charge in [-0.3, -0.25) is 0 Å². The largest absolute Gasteiger partial charge is 0.335 e. The van der Waals surface area contributed by atoms with Crippen LogP contribution in [0, 0.1) is 5.92 Å². The second-order valence-corrected chi connectivity index (χ2v) is 6.44. The molecular weight excluding hydrogens is 248 g/mol. The zero-order valence-corrected chi connectivity index (χ0v) is 12.9. The predicted molar refractivity (Wildman–Crippen MR) is 82.8 cm³/mol. The summed E-state index contributed by atoms with van der Waals surface area (Å²) in [6.45, 7) is 8.66. The fourth-order valence-corrected chi connectivity index (χ4v) is 2.32. The maximum Gasteiger partial charge on any atom is 0.315 e. The number of benzene rings is 1. The van der Waals surface area contributed by atoms with Crippen LogP contribution in [-0.2, 0) is 0 Å². The maximum absolute atomic E-state index is 11.9. The third kappa shape index (κ3) is 3.99. The highest BCUT2D eigenvalue weighted by Gasteiger charge is 2.25. The Bertz CT molecular complexity index is 447. The quantitative estimate of drug-likeness (QED) is 0.838. The van der Waals surface area contributed by atoms with Crippen molar-refractivity contribution in [3.05, 3.63) is 35.4 Å². The van der Waals surface area contributed by atoms with Crippen molar-refractivity contribution in [3.63, 3.8) is 0 Å². The summed E-state index contributed by atoms with van der Waals surface area (Å²) >= 11 is 0. The first-order chi connectivity index (χ1) is 9.47. The Morgan fingerprint density at radius 1 is 1.05 bits per heavy atom. The molecule has 1 aliphatic rings. The van der Waals surface area contributed by atoms with Crippen molar-refractivity contribution < 1.29 is 4.79 Å². The van der Waals surface area contributed by atoms with Gasteiger partial charge in [-0.15, -0.1) is 0 Å². The summed E-state index contributed by atoms with van der Waals surface area (Å²) in [6, 6.07) is 9.01. The molecule has 0 aliphatic heterocycles. The van der Waals surface area contributed by atoms with Gasteiger partial charge < -0.3 is 10.6 Å². The Balaban J connectivity index is 2.04. The van der Waals surface area contributed by atoms with Crippen molar-refractivity contribution in [2.45, 2.75) is 58.5 Å². The van der Waals surface area contributed by atoms with Gasteiger partial charge in [-0.2, -0.15) is 0 Å². The maximum atomic E-state index is 11.9. The Morgan fingerprint density at radius 2 is 1.60 bits per heavy atom. The first-order valence-corrected chi connectivity index (χ1v) is 7.64. The van der Waals surface area contributed by atoms with Crippen LogP contribution in [0.3, 0.4) is 0 Å². The van der Waals surface area contributed by atoms with E-state index < -0.39 is 0 Å². The molecule has 1 aromatic carbocycles. The van der Waals surface area contributed by atoms with Gasteiger partial charge in [0.05, 0.1) is 6.04 Å². The van der Waals surface area contributed by atoms with Gasteiger partial charge in [0.2, 0.25) is 0 Å². The average Bonchev–Trinajstić information content (AvgIpc) is 3.19. The molecule has 3 heteroatoms. The van der Waals surface area contributed by atoms with E-state index in [0.29, 0.717) is 17.9 Å². The van der Waals surface area contributed by atoms with E-state index in [2.05, 4.69) is 62.6 Å². The molecule has 0 bridgehead atoms. The smallest absolute Gasteiger partial charge is 0.315 e. The summed E-state index contributed by atoms with van der Waals surface area (Å²) in [6.07, 6.45) is 2.23. The Morgan fingerprint density at radius 3 is 2.05 bits per heavy atom. The van der Waals surface area contributed by atoms with E-state index in [9.17, 15) is 4.79 Å². The number of urea groups is 1. The van der Waals surface area contributed by atoms with Gasteiger partial charge in [0.1, 0.15) is 0 Å². The van der Waals surface area contributed by atoms with E-state index in [-0.39, 0.29) is 12.1 Å². The molecule has 2 N–H and O–H groups in total. The molecule has 20 heavy (non-hydrogen) atoms. The van der Waals surface area contributed by atoms with Crippen LogP contribution >= 0.6 is 0 Å². The standard InChI is InChI=1S/C17H26N2O/c1-11(2)13-5-7-14(8-6-13)16(12(3)4)19-17(20)18-15-9-10-15/h5-8,11-12,15-16H,9-10H2,1-4H3,(H2,18,19,20)/t16-/m1/s1. The van der Waals surface area contributed by atoms with Crippen LogP contribution in [0.5, 0.6) is 0 Å². The van der Waals surface area contributed by atoms with Crippen LogP contribution in [0.25, 0.3) is 0 Å². The normalized spacial score (nSPS) is 16.3. The molecule has 0 saturated heterocycles.